The van der Waals surface area contributed by atoms with E-state index in [1.807, 2.05) is 12.1 Å². The van der Waals surface area contributed by atoms with Gasteiger partial charge in [0.25, 0.3) is 5.56 Å². The summed E-state index contributed by atoms with van der Waals surface area (Å²) in [5.41, 5.74) is 3.72. The quantitative estimate of drug-likeness (QED) is 0.297. The van der Waals surface area contributed by atoms with Gasteiger partial charge in [0.05, 0.1) is 34.5 Å². The van der Waals surface area contributed by atoms with Crippen molar-refractivity contribution in [1.29, 1.82) is 0 Å². The van der Waals surface area contributed by atoms with Crippen LogP contribution in [0.5, 0.6) is 0 Å². The third kappa shape index (κ3) is 3.32. The number of hydrogen-bond acceptors (Lipinski definition) is 5. The number of aliphatic hydroxyl groups excluding tert-OH is 1. The van der Waals surface area contributed by atoms with Gasteiger partial charge in [-0.25, -0.2) is 4.98 Å². The van der Waals surface area contributed by atoms with Gasteiger partial charge in [-0.2, -0.15) is 5.10 Å². The highest BCUT2D eigenvalue weighted by atomic mass is 35.5. The normalized spacial score (nSPS) is 12.5. The van der Waals surface area contributed by atoms with Crippen LogP contribution in [0.4, 0.5) is 5.69 Å². The lowest BCUT2D eigenvalue weighted by atomic mass is 10.1. The molecule has 1 atom stereocenters. The molecule has 9 heteroatoms. The Bertz CT molecular complexity index is 1370. The van der Waals surface area contributed by atoms with Gasteiger partial charge in [0.15, 0.2) is 0 Å². The van der Waals surface area contributed by atoms with E-state index < -0.39 is 6.10 Å². The van der Waals surface area contributed by atoms with Crippen molar-refractivity contribution in [2.75, 3.05) is 11.9 Å². The highest BCUT2D eigenvalue weighted by molar-refractivity contribution is 6.30. The van der Waals surface area contributed by atoms with Crippen molar-refractivity contribution in [3.05, 3.63) is 75.8 Å². The summed E-state index contributed by atoms with van der Waals surface area (Å²) in [4.78, 5) is 23.1. The van der Waals surface area contributed by atoms with Crippen LogP contribution in [0, 0.1) is 0 Å². The molecule has 3 heterocycles. The van der Waals surface area contributed by atoms with Crippen LogP contribution in [0.15, 0.2) is 59.7 Å². The van der Waals surface area contributed by atoms with E-state index in [4.69, 9.17) is 11.6 Å². The molecule has 0 spiro atoms. The molecule has 0 aliphatic carbocycles. The fraction of sp³-hybridized carbons (Fsp3) is 0.0952. The molecule has 30 heavy (non-hydrogen) atoms. The molecule has 5 aromatic rings. The lowest BCUT2D eigenvalue weighted by Crippen LogP contribution is -2.17. The van der Waals surface area contributed by atoms with Crippen LogP contribution >= 0.6 is 11.6 Å². The van der Waals surface area contributed by atoms with Gasteiger partial charge in [0.2, 0.25) is 0 Å². The van der Waals surface area contributed by atoms with Crippen LogP contribution in [0.2, 0.25) is 5.02 Å². The van der Waals surface area contributed by atoms with Crippen LogP contribution < -0.4 is 10.9 Å². The number of halogens is 1. The minimum absolute atomic E-state index is 0.200. The molecule has 2 aromatic carbocycles. The van der Waals surface area contributed by atoms with E-state index in [0.717, 1.165) is 21.9 Å². The maximum atomic E-state index is 12.6. The van der Waals surface area contributed by atoms with E-state index in [1.165, 1.54) is 0 Å². The molecule has 0 fully saturated rings. The minimum atomic E-state index is -0.792. The van der Waals surface area contributed by atoms with E-state index in [2.05, 4.69) is 30.5 Å². The van der Waals surface area contributed by atoms with Gasteiger partial charge < -0.3 is 20.4 Å². The third-order valence-corrected chi connectivity index (χ3v) is 5.19. The average Bonchev–Trinajstić information content (AvgIpc) is 3.35. The van der Waals surface area contributed by atoms with E-state index in [1.54, 1.807) is 42.7 Å². The molecule has 0 saturated heterocycles. The third-order valence-electron chi connectivity index (χ3n) is 4.96. The predicted molar refractivity (Wildman–Crippen MR) is 117 cm³/mol. The molecular formula is C21H17ClN6O2. The second kappa shape index (κ2) is 7.33. The first-order chi connectivity index (χ1) is 14.6. The highest BCUT2D eigenvalue weighted by Crippen LogP contribution is 2.27. The van der Waals surface area contributed by atoms with Gasteiger partial charge in [-0.05, 0) is 35.9 Å². The maximum absolute atomic E-state index is 12.6. The molecule has 5 N–H and O–H groups in total. The number of nitrogens with zero attached hydrogens (tertiary/aromatic N) is 2. The van der Waals surface area contributed by atoms with Crippen molar-refractivity contribution in [2.45, 2.75) is 6.10 Å². The number of aliphatic hydroxyl groups is 1. The Morgan fingerprint density at radius 1 is 1.17 bits per heavy atom. The summed E-state index contributed by atoms with van der Waals surface area (Å²) in [6, 6.07) is 12.6. The number of rotatable bonds is 5. The molecule has 0 unspecified atom stereocenters. The molecule has 0 radical (unpaired) electrons. The average molecular weight is 421 g/mol. The first kappa shape index (κ1) is 18.4. The molecule has 8 nitrogen and oxygen atoms in total. The van der Waals surface area contributed by atoms with Crippen molar-refractivity contribution in [3.63, 3.8) is 0 Å². The van der Waals surface area contributed by atoms with Gasteiger partial charge in [-0.3, -0.25) is 9.89 Å². The Labute approximate surface area is 174 Å². The zero-order valence-corrected chi connectivity index (χ0v) is 16.4. The van der Waals surface area contributed by atoms with Crippen LogP contribution in [-0.2, 0) is 0 Å². The molecule has 0 saturated carbocycles. The number of aromatic nitrogens is 5. The molecular weight excluding hydrogens is 404 g/mol. The zero-order valence-electron chi connectivity index (χ0n) is 15.6. The molecule has 0 aliphatic heterocycles. The monoisotopic (exact) mass is 420 g/mol. The SMILES string of the molecule is O=c1[nH]ccc(NC[C@@H](O)c2cccc(Cl)c2)c1-c1nc2cc3cn[nH]c3cc2[nH]1. The van der Waals surface area contributed by atoms with Gasteiger partial charge >= 0.3 is 0 Å². The molecule has 150 valence electrons. The topological polar surface area (TPSA) is 122 Å². The van der Waals surface area contributed by atoms with Crippen molar-refractivity contribution in [2.24, 2.45) is 0 Å². The number of pyridine rings is 1. The Balaban J connectivity index is 1.49. The zero-order chi connectivity index (χ0) is 20.7. The van der Waals surface area contributed by atoms with E-state index in [0.29, 0.717) is 27.7 Å². The molecule has 0 bridgehead atoms. The summed E-state index contributed by atoms with van der Waals surface area (Å²) >= 11 is 6.01. The molecule has 3 aromatic heterocycles. The number of fused-ring (bicyclic) bond motifs is 2. The number of hydrogen-bond donors (Lipinski definition) is 5. The van der Waals surface area contributed by atoms with Crippen LogP contribution in [0.25, 0.3) is 33.3 Å². The molecule has 5 rings (SSSR count). The second-order valence-corrected chi connectivity index (χ2v) is 7.40. The smallest absolute Gasteiger partial charge is 0.261 e. The first-order valence-electron chi connectivity index (χ1n) is 9.31. The number of anilines is 1. The van der Waals surface area contributed by atoms with Crippen LogP contribution in [0.1, 0.15) is 11.7 Å². The summed E-state index contributed by atoms with van der Waals surface area (Å²) in [7, 11) is 0. The number of aromatic amines is 3. The van der Waals surface area contributed by atoms with Gasteiger partial charge in [0.1, 0.15) is 11.4 Å². The van der Waals surface area contributed by atoms with Crippen molar-refractivity contribution in [3.8, 4) is 11.4 Å². The lowest BCUT2D eigenvalue weighted by molar-refractivity contribution is 0.191. The number of benzene rings is 2. The van der Waals surface area contributed by atoms with E-state index in [9.17, 15) is 9.90 Å². The maximum Gasteiger partial charge on any atom is 0.261 e. The number of nitrogens with one attached hydrogen (secondary N) is 4. The van der Waals surface area contributed by atoms with Gasteiger partial charge in [-0.1, -0.05) is 23.7 Å². The Morgan fingerprint density at radius 2 is 2.07 bits per heavy atom. The van der Waals surface area contributed by atoms with E-state index in [-0.39, 0.29) is 12.1 Å². The molecule has 0 amide bonds. The predicted octanol–water partition coefficient (Wildman–Crippen LogP) is 3.59. The Hall–Kier alpha value is -3.62. The number of imidazole rings is 1. The van der Waals surface area contributed by atoms with Crippen LogP contribution in [0.3, 0.4) is 0 Å². The van der Waals surface area contributed by atoms with Crippen molar-refractivity contribution in [1.82, 2.24) is 25.1 Å². The second-order valence-electron chi connectivity index (χ2n) is 6.96. The fourth-order valence-corrected chi connectivity index (χ4v) is 3.66. The van der Waals surface area contributed by atoms with Crippen molar-refractivity contribution >= 4 is 39.2 Å². The summed E-state index contributed by atoms with van der Waals surface area (Å²) < 4.78 is 0. The highest BCUT2D eigenvalue weighted by Gasteiger charge is 2.16. The summed E-state index contributed by atoms with van der Waals surface area (Å²) in [6.45, 7) is 0.200. The number of H-pyrrole nitrogens is 3. The molecule has 0 aliphatic rings. The summed E-state index contributed by atoms with van der Waals surface area (Å²) in [5.74, 6) is 0.437. The summed E-state index contributed by atoms with van der Waals surface area (Å²) in [5, 5.41) is 22.1. The first-order valence-corrected chi connectivity index (χ1v) is 9.68. The van der Waals surface area contributed by atoms with Gasteiger partial charge in [-0.15, -0.1) is 0 Å². The summed E-state index contributed by atoms with van der Waals surface area (Å²) in [6.07, 6.45) is 2.49. The Morgan fingerprint density at radius 3 is 2.93 bits per heavy atom. The Kier molecular flexibility index (Phi) is 4.50. The fourth-order valence-electron chi connectivity index (χ4n) is 3.47. The van der Waals surface area contributed by atoms with E-state index >= 15 is 0 Å². The van der Waals surface area contributed by atoms with Gasteiger partial charge in [0, 0.05) is 23.2 Å². The standard InChI is InChI=1S/C21H17ClN6O2/c22-13-3-1-2-11(6-13)18(29)10-24-14-4-5-23-21(30)19(14)20-26-16-7-12-9-25-28-15(12)8-17(16)27-20/h1-9,18,29H,10H2,(H,25,28)(H,26,27)(H2,23,24,30)/t18-/m1/s1. The van der Waals surface area contributed by atoms with Crippen molar-refractivity contribution < 1.29 is 5.11 Å². The largest absolute Gasteiger partial charge is 0.387 e. The minimum Gasteiger partial charge on any atom is -0.387 e. The lowest BCUT2D eigenvalue weighted by Gasteiger charge is -2.15. The van der Waals surface area contributed by atoms with Crippen LogP contribution in [-0.4, -0.2) is 36.8 Å².